The number of anilines is 1. The average Bonchev–Trinajstić information content (AvgIpc) is 3.05. The average molecular weight is 278 g/mol. The van der Waals surface area contributed by atoms with E-state index in [1.54, 1.807) is 5.51 Å². The Bertz CT molecular complexity index is 627. The van der Waals surface area contributed by atoms with Crippen molar-refractivity contribution >= 4 is 32.9 Å². The zero-order valence-corrected chi connectivity index (χ0v) is 11.1. The highest BCUT2D eigenvalue weighted by Crippen LogP contribution is 2.38. The van der Waals surface area contributed by atoms with Gasteiger partial charge in [0.25, 0.3) is 0 Å². The maximum atomic E-state index is 11.4. The molecule has 1 fully saturated rings. The van der Waals surface area contributed by atoms with Crippen molar-refractivity contribution in [2.24, 2.45) is 11.7 Å². The third-order valence-electron chi connectivity index (χ3n) is 3.60. The second-order valence-corrected chi connectivity index (χ2v) is 5.61. The largest absolute Gasteiger partial charge is 0.366 e. The predicted molar refractivity (Wildman–Crippen MR) is 75.6 cm³/mol. The van der Waals surface area contributed by atoms with Crippen molar-refractivity contribution in [2.45, 2.75) is 6.42 Å². The minimum atomic E-state index is -0.326. The monoisotopic (exact) mass is 278 g/mol. The Morgan fingerprint density at radius 1 is 1.58 bits per heavy atom. The number of thiazole rings is 1. The zero-order chi connectivity index (χ0) is 13.4. The summed E-state index contributed by atoms with van der Waals surface area (Å²) >= 11 is 1.42. The molecule has 1 unspecified atom stereocenters. The van der Waals surface area contributed by atoms with Crippen molar-refractivity contribution < 1.29 is 4.92 Å². The molecule has 3 rings (SSSR count). The number of aromatic nitrogens is 1. The lowest BCUT2D eigenvalue weighted by molar-refractivity contribution is -0.382. The number of fused-ring (bicyclic) bond motifs is 1. The number of rotatable bonds is 3. The third-order valence-corrected chi connectivity index (χ3v) is 4.39. The quantitative estimate of drug-likeness (QED) is 0.685. The molecule has 100 valence electrons. The second-order valence-electron chi connectivity index (χ2n) is 4.73. The number of nitrogens with zero attached hydrogens (tertiary/aromatic N) is 3. The van der Waals surface area contributed by atoms with E-state index in [1.807, 2.05) is 12.1 Å². The molecule has 0 radical (unpaired) electrons. The molecule has 1 aliphatic rings. The smallest absolute Gasteiger partial charge is 0.319 e. The van der Waals surface area contributed by atoms with Gasteiger partial charge in [-0.15, -0.1) is 11.3 Å². The van der Waals surface area contributed by atoms with Gasteiger partial charge in [-0.3, -0.25) is 10.1 Å². The van der Waals surface area contributed by atoms with E-state index in [9.17, 15) is 10.1 Å². The fraction of sp³-hybridized carbons (Fsp3) is 0.417. The summed E-state index contributed by atoms with van der Waals surface area (Å²) in [6.07, 6.45) is 0.989. The van der Waals surface area contributed by atoms with Crippen LogP contribution in [-0.2, 0) is 0 Å². The van der Waals surface area contributed by atoms with Crippen LogP contribution in [0.2, 0.25) is 0 Å². The summed E-state index contributed by atoms with van der Waals surface area (Å²) in [7, 11) is 0. The summed E-state index contributed by atoms with van der Waals surface area (Å²) in [6.45, 7) is 2.23. The van der Waals surface area contributed by atoms with Gasteiger partial charge in [-0.25, -0.2) is 4.98 Å². The fourth-order valence-electron chi connectivity index (χ4n) is 2.59. The highest BCUT2D eigenvalue weighted by atomic mass is 32.1. The van der Waals surface area contributed by atoms with Crippen molar-refractivity contribution in [1.82, 2.24) is 4.98 Å². The molecule has 1 aromatic carbocycles. The number of nitrogens with two attached hydrogens (primary N) is 1. The first kappa shape index (κ1) is 12.3. The van der Waals surface area contributed by atoms with Crippen LogP contribution in [0.1, 0.15) is 6.42 Å². The molecule has 0 spiro atoms. The summed E-state index contributed by atoms with van der Waals surface area (Å²) in [5, 5.41) is 11.4. The van der Waals surface area contributed by atoms with Gasteiger partial charge >= 0.3 is 5.69 Å². The number of hydrogen-bond acceptors (Lipinski definition) is 6. The molecule has 0 amide bonds. The summed E-state index contributed by atoms with van der Waals surface area (Å²) in [5.41, 5.74) is 8.60. The van der Waals surface area contributed by atoms with E-state index < -0.39 is 0 Å². The molecule has 6 nitrogen and oxygen atoms in total. The molecule has 2 heterocycles. The maximum absolute atomic E-state index is 11.4. The van der Waals surface area contributed by atoms with E-state index in [2.05, 4.69) is 9.88 Å². The zero-order valence-electron chi connectivity index (χ0n) is 10.3. The van der Waals surface area contributed by atoms with Crippen LogP contribution < -0.4 is 10.6 Å². The van der Waals surface area contributed by atoms with Crippen LogP contribution >= 0.6 is 11.3 Å². The van der Waals surface area contributed by atoms with E-state index in [1.165, 1.54) is 11.3 Å². The van der Waals surface area contributed by atoms with E-state index in [0.717, 1.165) is 24.2 Å². The van der Waals surface area contributed by atoms with Gasteiger partial charge in [0.05, 0.1) is 15.1 Å². The van der Waals surface area contributed by atoms with Crippen LogP contribution in [0.15, 0.2) is 17.6 Å². The summed E-state index contributed by atoms with van der Waals surface area (Å²) in [4.78, 5) is 17.2. The molecule has 0 bridgehead atoms. The van der Waals surface area contributed by atoms with E-state index in [-0.39, 0.29) is 10.6 Å². The predicted octanol–water partition coefficient (Wildman–Crippen LogP) is 1.99. The Morgan fingerprint density at radius 2 is 2.42 bits per heavy atom. The highest BCUT2D eigenvalue weighted by Gasteiger charge is 2.29. The number of nitro benzene ring substituents is 1. The van der Waals surface area contributed by atoms with Gasteiger partial charge in [-0.1, -0.05) is 0 Å². The van der Waals surface area contributed by atoms with Crippen LogP contribution in [0.4, 0.5) is 11.4 Å². The third kappa shape index (κ3) is 2.04. The van der Waals surface area contributed by atoms with E-state index in [0.29, 0.717) is 23.7 Å². The van der Waals surface area contributed by atoms with E-state index in [4.69, 9.17) is 5.73 Å². The molecule has 1 aliphatic heterocycles. The van der Waals surface area contributed by atoms with E-state index >= 15 is 0 Å². The minimum Gasteiger partial charge on any atom is -0.366 e. The number of hydrogen-bond donors (Lipinski definition) is 1. The van der Waals surface area contributed by atoms with Crippen molar-refractivity contribution in [1.29, 1.82) is 0 Å². The lowest BCUT2D eigenvalue weighted by atomic mass is 10.1. The number of nitro groups is 1. The van der Waals surface area contributed by atoms with Crippen molar-refractivity contribution in [3.8, 4) is 0 Å². The second kappa shape index (κ2) is 4.75. The molecule has 2 N–H and O–H groups in total. The first-order chi connectivity index (χ1) is 9.20. The van der Waals surface area contributed by atoms with Gasteiger partial charge in [0.15, 0.2) is 5.52 Å². The van der Waals surface area contributed by atoms with Crippen LogP contribution in [-0.4, -0.2) is 29.5 Å². The normalized spacial score (nSPS) is 19.2. The van der Waals surface area contributed by atoms with Gasteiger partial charge in [-0.05, 0) is 31.0 Å². The molecule has 2 aromatic rings. The number of benzene rings is 1. The SMILES string of the molecule is NCC1CCN(c2ccc3scnc3c2[N+](=O)[O-])C1. The van der Waals surface area contributed by atoms with Gasteiger partial charge in [-0.2, -0.15) is 0 Å². The van der Waals surface area contributed by atoms with Crippen LogP contribution in [0.3, 0.4) is 0 Å². The van der Waals surface area contributed by atoms with Crippen molar-refractivity contribution in [3.05, 3.63) is 27.8 Å². The van der Waals surface area contributed by atoms with Crippen molar-refractivity contribution in [2.75, 3.05) is 24.5 Å². The minimum absolute atomic E-state index is 0.122. The molecule has 7 heteroatoms. The Morgan fingerprint density at radius 3 is 3.11 bits per heavy atom. The van der Waals surface area contributed by atoms with Crippen LogP contribution in [0.5, 0.6) is 0 Å². The molecule has 1 atom stereocenters. The maximum Gasteiger partial charge on any atom is 0.319 e. The highest BCUT2D eigenvalue weighted by molar-refractivity contribution is 7.16. The Labute approximate surface area is 114 Å². The topological polar surface area (TPSA) is 85.3 Å². The fourth-order valence-corrected chi connectivity index (χ4v) is 3.26. The van der Waals surface area contributed by atoms with Gasteiger partial charge in [0.2, 0.25) is 0 Å². The van der Waals surface area contributed by atoms with Gasteiger partial charge in [0, 0.05) is 13.1 Å². The first-order valence-electron chi connectivity index (χ1n) is 6.16. The Balaban J connectivity index is 2.08. The summed E-state index contributed by atoms with van der Waals surface area (Å²) in [5.74, 6) is 0.422. The Hall–Kier alpha value is -1.73. The van der Waals surface area contributed by atoms with Crippen LogP contribution in [0.25, 0.3) is 10.2 Å². The molecule has 19 heavy (non-hydrogen) atoms. The molecular weight excluding hydrogens is 264 g/mol. The first-order valence-corrected chi connectivity index (χ1v) is 7.04. The Kier molecular flexibility index (Phi) is 3.08. The molecule has 0 aliphatic carbocycles. The molecular formula is C12H14N4O2S. The van der Waals surface area contributed by atoms with Gasteiger partial charge < -0.3 is 10.6 Å². The molecule has 1 aromatic heterocycles. The van der Waals surface area contributed by atoms with Gasteiger partial charge in [0.1, 0.15) is 5.69 Å². The van der Waals surface area contributed by atoms with Crippen molar-refractivity contribution in [3.63, 3.8) is 0 Å². The molecule has 0 saturated carbocycles. The summed E-state index contributed by atoms with van der Waals surface area (Å²) < 4.78 is 0.852. The lowest BCUT2D eigenvalue weighted by Gasteiger charge is -2.18. The lowest BCUT2D eigenvalue weighted by Crippen LogP contribution is -2.23. The standard InChI is InChI=1S/C12H14N4O2S/c13-5-8-3-4-15(6-8)9-1-2-10-11(14-7-19-10)12(9)16(17)18/h1-2,7-8H,3-6,13H2. The summed E-state index contributed by atoms with van der Waals surface area (Å²) in [6, 6.07) is 3.74. The van der Waals surface area contributed by atoms with Crippen LogP contribution in [0, 0.1) is 16.0 Å². The molecule has 1 saturated heterocycles.